The zero-order valence-corrected chi connectivity index (χ0v) is 5.72. The molecule has 0 saturated heterocycles. The predicted molar refractivity (Wildman–Crippen MR) is 37.3 cm³/mol. The molecule has 46 valence electrons. The zero-order valence-electron chi connectivity index (χ0n) is 5.72. The highest BCUT2D eigenvalue weighted by molar-refractivity contribution is 4.79. The quantitative estimate of drug-likeness (QED) is 0.528. The summed E-state index contributed by atoms with van der Waals surface area (Å²) in [4.78, 5) is 3.70. The van der Waals surface area contributed by atoms with Gasteiger partial charge in [-0.25, -0.2) is 0 Å². The fourth-order valence-electron chi connectivity index (χ4n) is 0.717. The molecule has 1 nitrogen and oxygen atoms in total. The van der Waals surface area contributed by atoms with Crippen LogP contribution < -0.4 is 0 Å². The first-order valence-corrected chi connectivity index (χ1v) is 3.25. The van der Waals surface area contributed by atoms with Crippen molar-refractivity contribution >= 4 is 0 Å². The third kappa shape index (κ3) is 2.63. The summed E-state index contributed by atoms with van der Waals surface area (Å²) in [6.45, 7) is 9.35. The van der Waals surface area contributed by atoms with Crippen LogP contribution in [0.15, 0.2) is 0 Å². The van der Waals surface area contributed by atoms with Crippen LogP contribution >= 0.6 is 0 Å². The molecule has 0 saturated carbocycles. The van der Waals surface area contributed by atoms with Gasteiger partial charge in [0.1, 0.15) is 0 Å². The smallest absolute Gasteiger partial charge is 0.0837 e. The normalized spacial score (nSPS) is 12.6. The van der Waals surface area contributed by atoms with Crippen LogP contribution in [0.5, 0.6) is 0 Å². The Balaban J connectivity index is 3.26. The highest BCUT2D eigenvalue weighted by atomic mass is 14.7. The van der Waals surface area contributed by atoms with Crippen LogP contribution in [0, 0.1) is 6.57 Å². The van der Waals surface area contributed by atoms with Crippen molar-refractivity contribution in [2.45, 2.75) is 39.2 Å². The Morgan fingerprint density at radius 1 is 1.50 bits per heavy atom. The molecule has 0 aliphatic heterocycles. The number of hydrogen-bond acceptors (Lipinski definition) is 0. The van der Waals surface area contributed by atoms with Gasteiger partial charge in [0.15, 0.2) is 0 Å². The van der Waals surface area contributed by atoms with Crippen molar-refractivity contribution < 1.29 is 0 Å². The van der Waals surface area contributed by atoms with Crippen LogP contribution in [0.4, 0.5) is 0 Å². The van der Waals surface area contributed by atoms with E-state index in [0.29, 0.717) is 6.04 Å². The second kappa shape index (κ2) is 4.64. The van der Waals surface area contributed by atoms with Crippen molar-refractivity contribution in [2.75, 3.05) is 0 Å². The lowest BCUT2D eigenvalue weighted by Gasteiger charge is -1.90. The molecule has 0 N–H and O–H groups in total. The summed E-state index contributed by atoms with van der Waals surface area (Å²) in [5.41, 5.74) is 0. The Hall–Kier alpha value is -0.510. The number of nitrogens with zero attached hydrogens (tertiary/aromatic N) is 1. The second-order valence-corrected chi connectivity index (χ2v) is 2.00. The summed E-state index contributed by atoms with van der Waals surface area (Å²) in [7, 11) is 0. The molecular weight excluding hydrogens is 98.1 g/mol. The Morgan fingerprint density at radius 3 is 2.25 bits per heavy atom. The van der Waals surface area contributed by atoms with E-state index in [9.17, 15) is 0 Å². The van der Waals surface area contributed by atoms with Gasteiger partial charge in [0, 0.05) is 12.8 Å². The monoisotopic (exact) mass is 112 g/mol. The van der Waals surface area contributed by atoms with Gasteiger partial charge in [-0.05, 0) is 6.42 Å². The van der Waals surface area contributed by atoms with E-state index in [1.54, 1.807) is 0 Å². The molecule has 0 heterocycles. The molecule has 0 aliphatic rings. The van der Waals surface area contributed by atoms with Crippen LogP contribution in [0.25, 0.3) is 4.85 Å². The Kier molecular flexibility index (Phi) is 4.35. The molecule has 0 spiro atoms. The summed E-state index contributed by atoms with van der Waals surface area (Å²) in [5.74, 6) is 0. The molecule has 1 atom stereocenters. The minimum Gasteiger partial charge on any atom is -0.0837 e. The highest BCUT2D eigenvalue weighted by Gasteiger charge is 2.09. The van der Waals surface area contributed by atoms with Crippen molar-refractivity contribution in [3.63, 3.8) is 0 Å². The van der Waals surface area contributed by atoms with Crippen molar-refractivity contribution in [3.8, 4) is 6.57 Å². The van der Waals surface area contributed by atoms with Gasteiger partial charge < -0.3 is 0 Å². The molecule has 0 bridgehead atoms. The fraction of sp³-hybridized carbons (Fsp3) is 0.857. The topological polar surface area (TPSA) is 4.36 Å². The molecule has 0 fully saturated rings. The van der Waals surface area contributed by atoms with Crippen LogP contribution in [0.2, 0.25) is 0 Å². The second-order valence-electron chi connectivity index (χ2n) is 2.00. The maximum Gasteiger partial charge on any atom is 0.271 e. The van der Waals surface area contributed by atoms with Gasteiger partial charge in [0.05, 0.1) is 0 Å². The average Bonchev–Trinajstić information content (AvgIpc) is 1.83. The summed E-state index contributed by atoms with van der Waals surface area (Å²) in [5, 5.41) is 0. The SMILES string of the molecule is C#[N+]C(CC)CCC. The van der Waals surface area contributed by atoms with Crippen LogP contribution in [0.3, 0.4) is 0 Å². The molecule has 0 radical (unpaired) electrons. The third-order valence-electron chi connectivity index (χ3n) is 1.30. The van der Waals surface area contributed by atoms with Crippen molar-refractivity contribution in [3.05, 3.63) is 4.85 Å². The van der Waals surface area contributed by atoms with Crippen molar-refractivity contribution in [2.24, 2.45) is 0 Å². The van der Waals surface area contributed by atoms with Gasteiger partial charge in [-0.2, -0.15) is 0 Å². The van der Waals surface area contributed by atoms with Crippen LogP contribution in [-0.4, -0.2) is 6.04 Å². The standard InChI is InChI=1S/C7H14N/c1-4-6-7(5-2)8-3/h3,7H,4-6H2,1-2H3/q+1. The Bertz CT molecular complexity index is 80.9. The van der Waals surface area contributed by atoms with Gasteiger partial charge >= 0.3 is 0 Å². The van der Waals surface area contributed by atoms with Crippen molar-refractivity contribution in [1.82, 2.24) is 0 Å². The lowest BCUT2D eigenvalue weighted by atomic mass is 10.1. The van der Waals surface area contributed by atoms with Crippen LogP contribution in [0.1, 0.15) is 33.1 Å². The maximum absolute atomic E-state index is 5.09. The summed E-state index contributed by atoms with van der Waals surface area (Å²) >= 11 is 0. The van der Waals surface area contributed by atoms with Gasteiger partial charge in [0.25, 0.3) is 12.6 Å². The van der Waals surface area contributed by atoms with Gasteiger partial charge in [-0.1, -0.05) is 18.7 Å². The van der Waals surface area contributed by atoms with E-state index >= 15 is 0 Å². The zero-order chi connectivity index (χ0) is 6.41. The molecule has 0 aliphatic carbocycles. The van der Waals surface area contributed by atoms with E-state index in [2.05, 4.69) is 18.7 Å². The van der Waals surface area contributed by atoms with E-state index in [1.165, 1.54) is 6.42 Å². The van der Waals surface area contributed by atoms with Gasteiger partial charge in [-0.15, -0.1) is 0 Å². The maximum atomic E-state index is 5.09. The molecular formula is C7H14N+. The van der Waals surface area contributed by atoms with Crippen molar-refractivity contribution in [1.29, 1.82) is 0 Å². The van der Waals surface area contributed by atoms with E-state index in [4.69, 9.17) is 6.57 Å². The van der Waals surface area contributed by atoms with Gasteiger partial charge in [-0.3, -0.25) is 0 Å². The van der Waals surface area contributed by atoms with Crippen LogP contribution in [-0.2, 0) is 0 Å². The molecule has 1 heteroatoms. The minimum atomic E-state index is 0.403. The molecule has 0 aromatic carbocycles. The van der Waals surface area contributed by atoms with Gasteiger partial charge in [0.2, 0.25) is 0 Å². The predicted octanol–water partition coefficient (Wildman–Crippen LogP) is 2.53. The summed E-state index contributed by atoms with van der Waals surface area (Å²) in [6.07, 6.45) is 3.39. The Labute approximate surface area is 51.5 Å². The molecule has 8 heavy (non-hydrogen) atoms. The lowest BCUT2D eigenvalue weighted by molar-refractivity contribution is 0.657. The van der Waals surface area contributed by atoms with E-state index in [0.717, 1.165) is 12.8 Å². The molecule has 1 unspecified atom stereocenters. The summed E-state index contributed by atoms with van der Waals surface area (Å²) < 4.78 is 0. The largest absolute Gasteiger partial charge is 0.271 e. The van der Waals surface area contributed by atoms with E-state index < -0.39 is 0 Å². The average molecular weight is 112 g/mol. The fourth-order valence-corrected chi connectivity index (χ4v) is 0.717. The lowest BCUT2D eigenvalue weighted by Crippen LogP contribution is -1.96. The first-order valence-electron chi connectivity index (χ1n) is 3.25. The highest BCUT2D eigenvalue weighted by Crippen LogP contribution is 2.04. The third-order valence-corrected chi connectivity index (χ3v) is 1.30. The van der Waals surface area contributed by atoms with E-state index in [-0.39, 0.29) is 0 Å². The molecule has 0 amide bonds. The first-order chi connectivity index (χ1) is 3.85. The summed E-state index contributed by atoms with van der Waals surface area (Å²) in [6, 6.07) is 0.403. The first kappa shape index (κ1) is 7.49. The minimum absolute atomic E-state index is 0.403. The number of hydrogen-bond donors (Lipinski definition) is 0. The molecule has 0 aromatic rings. The number of rotatable bonds is 3. The Morgan fingerprint density at radius 2 is 2.12 bits per heavy atom. The van der Waals surface area contributed by atoms with E-state index in [1.807, 2.05) is 0 Å². The molecule has 0 rings (SSSR count). The molecule has 0 aromatic heterocycles.